The van der Waals surface area contributed by atoms with Gasteiger partial charge in [0.1, 0.15) is 5.37 Å². The molecular weight excluding hydrogens is 198 g/mol. The van der Waals surface area contributed by atoms with Crippen molar-refractivity contribution in [1.82, 2.24) is 10.6 Å². The first-order chi connectivity index (χ1) is 6.77. The molecule has 14 heavy (non-hydrogen) atoms. The van der Waals surface area contributed by atoms with Gasteiger partial charge in [-0.2, -0.15) is 0 Å². The maximum atomic E-state index is 11.1. The fourth-order valence-electron chi connectivity index (χ4n) is 1.39. The lowest BCUT2D eigenvalue weighted by Gasteiger charge is -2.26. The second-order valence-electron chi connectivity index (χ2n) is 3.07. The Morgan fingerprint density at radius 2 is 2.43 bits per heavy atom. The summed E-state index contributed by atoms with van der Waals surface area (Å²) >= 11 is 1.59. The van der Waals surface area contributed by atoms with E-state index in [1.54, 1.807) is 11.8 Å². The molecule has 0 saturated carbocycles. The van der Waals surface area contributed by atoms with Gasteiger partial charge in [-0.25, -0.2) is 4.79 Å². The van der Waals surface area contributed by atoms with Crippen molar-refractivity contribution in [1.29, 1.82) is 5.41 Å². The van der Waals surface area contributed by atoms with E-state index in [1.165, 1.54) is 0 Å². The molecule has 5 heteroatoms. The molecule has 2 rings (SSSR count). The average Bonchev–Trinajstić information content (AvgIpc) is 2.18. The van der Waals surface area contributed by atoms with Crippen LogP contribution in [0.5, 0.6) is 0 Å². The topological polar surface area (TPSA) is 65.0 Å². The highest BCUT2D eigenvalue weighted by molar-refractivity contribution is 8.00. The van der Waals surface area contributed by atoms with Crippen molar-refractivity contribution in [2.24, 2.45) is 0 Å². The Labute approximate surface area is 86.3 Å². The van der Waals surface area contributed by atoms with Crippen molar-refractivity contribution in [3.05, 3.63) is 23.8 Å². The summed E-state index contributed by atoms with van der Waals surface area (Å²) in [6.07, 6.45) is 6.43. The highest BCUT2D eigenvalue weighted by Crippen LogP contribution is 2.22. The molecule has 1 atom stereocenters. The molecule has 4 nitrogen and oxygen atoms in total. The van der Waals surface area contributed by atoms with Crippen LogP contribution in [0.4, 0.5) is 4.79 Å². The minimum absolute atomic E-state index is 0.0683. The van der Waals surface area contributed by atoms with E-state index in [0.717, 1.165) is 5.57 Å². The van der Waals surface area contributed by atoms with Crippen LogP contribution in [0.15, 0.2) is 23.8 Å². The number of thioether (sulfide) groups is 1. The molecule has 74 valence electrons. The van der Waals surface area contributed by atoms with Crippen molar-refractivity contribution < 1.29 is 4.79 Å². The zero-order chi connectivity index (χ0) is 9.97. The van der Waals surface area contributed by atoms with E-state index in [-0.39, 0.29) is 11.4 Å². The van der Waals surface area contributed by atoms with E-state index in [2.05, 4.69) is 10.6 Å². The molecule has 1 unspecified atom stereocenters. The zero-order valence-electron chi connectivity index (χ0n) is 7.54. The minimum atomic E-state index is -0.156. The maximum Gasteiger partial charge on any atom is 0.316 e. The van der Waals surface area contributed by atoms with Gasteiger partial charge in [-0.3, -0.25) is 0 Å². The van der Waals surface area contributed by atoms with Gasteiger partial charge in [-0.1, -0.05) is 18.2 Å². The summed E-state index contributed by atoms with van der Waals surface area (Å²) in [5, 5.41) is 13.1. The van der Waals surface area contributed by atoms with Crippen molar-refractivity contribution in [3.63, 3.8) is 0 Å². The molecule has 2 aliphatic rings. The van der Waals surface area contributed by atoms with Crippen LogP contribution in [0.3, 0.4) is 0 Å². The first kappa shape index (κ1) is 9.33. The van der Waals surface area contributed by atoms with Gasteiger partial charge in [0.15, 0.2) is 0 Å². The fraction of sp³-hybridized carbons (Fsp3) is 0.333. The van der Waals surface area contributed by atoms with Gasteiger partial charge in [-0.05, 0) is 0 Å². The predicted octanol–water partition coefficient (Wildman–Crippen LogP) is 1.22. The zero-order valence-corrected chi connectivity index (χ0v) is 8.36. The Bertz CT molecular complexity index is 335. The standard InChI is InChI=1S/C9H11N3OS/c10-7-4-2-1-3-6(7)8-12-9(13)11-5-14-8/h1-3,8,10H,4-5H2,(H2,11,12,13). The fourth-order valence-corrected chi connectivity index (χ4v) is 2.36. The number of urea groups is 1. The van der Waals surface area contributed by atoms with Crippen LogP contribution < -0.4 is 10.6 Å². The number of allylic oxidation sites excluding steroid dienone is 3. The van der Waals surface area contributed by atoms with Crippen LogP contribution >= 0.6 is 11.8 Å². The van der Waals surface area contributed by atoms with Gasteiger partial charge >= 0.3 is 6.03 Å². The largest absolute Gasteiger partial charge is 0.329 e. The third kappa shape index (κ3) is 1.82. The van der Waals surface area contributed by atoms with Crippen molar-refractivity contribution in [3.8, 4) is 0 Å². The molecule has 0 spiro atoms. The summed E-state index contributed by atoms with van der Waals surface area (Å²) in [5.74, 6) is 0.602. The molecule has 0 radical (unpaired) electrons. The van der Waals surface area contributed by atoms with E-state index in [9.17, 15) is 4.79 Å². The number of amides is 2. The molecule has 0 aromatic carbocycles. The van der Waals surface area contributed by atoms with Crippen LogP contribution in [0, 0.1) is 5.41 Å². The Balaban J connectivity index is 2.13. The van der Waals surface area contributed by atoms with Gasteiger partial charge in [-0.15, -0.1) is 11.8 Å². The highest BCUT2D eigenvalue weighted by atomic mass is 32.2. The van der Waals surface area contributed by atoms with Gasteiger partial charge in [0.05, 0.1) is 5.88 Å². The smallest absolute Gasteiger partial charge is 0.316 e. The quantitative estimate of drug-likeness (QED) is 0.608. The maximum absolute atomic E-state index is 11.1. The SMILES string of the molecule is N=C1CC=CC=C1C1NC(=O)NCS1. The number of carbonyl (C=O) groups is 1. The number of hydrogen-bond acceptors (Lipinski definition) is 3. The van der Waals surface area contributed by atoms with Crippen LogP contribution in [-0.4, -0.2) is 23.0 Å². The number of nitrogens with one attached hydrogen (secondary N) is 3. The summed E-state index contributed by atoms with van der Waals surface area (Å²) in [5.41, 5.74) is 1.50. The lowest BCUT2D eigenvalue weighted by molar-refractivity contribution is 0.241. The molecule has 0 aromatic heterocycles. The third-order valence-corrected chi connectivity index (χ3v) is 3.13. The van der Waals surface area contributed by atoms with Crippen LogP contribution in [-0.2, 0) is 0 Å². The Morgan fingerprint density at radius 1 is 1.57 bits per heavy atom. The van der Waals surface area contributed by atoms with Crippen molar-refractivity contribution >= 4 is 23.5 Å². The summed E-state index contributed by atoms with van der Waals surface area (Å²) in [6.45, 7) is 0. The van der Waals surface area contributed by atoms with Gasteiger partial charge in [0, 0.05) is 17.7 Å². The number of hydrogen-bond donors (Lipinski definition) is 3. The Morgan fingerprint density at radius 3 is 3.14 bits per heavy atom. The molecule has 0 bridgehead atoms. The molecule has 0 aromatic rings. The molecule has 1 saturated heterocycles. The van der Waals surface area contributed by atoms with Crippen LogP contribution in [0.1, 0.15) is 6.42 Å². The molecule has 1 fully saturated rings. The average molecular weight is 209 g/mol. The lowest BCUT2D eigenvalue weighted by Crippen LogP contribution is -2.47. The molecule has 1 aliphatic carbocycles. The van der Waals surface area contributed by atoms with E-state index in [0.29, 0.717) is 18.0 Å². The van der Waals surface area contributed by atoms with Crippen molar-refractivity contribution in [2.75, 3.05) is 5.88 Å². The first-order valence-corrected chi connectivity index (χ1v) is 5.43. The molecule has 1 heterocycles. The summed E-state index contributed by atoms with van der Waals surface area (Å²) in [6, 6.07) is -0.156. The monoisotopic (exact) mass is 209 g/mol. The van der Waals surface area contributed by atoms with Crippen LogP contribution in [0.25, 0.3) is 0 Å². The van der Waals surface area contributed by atoms with E-state index in [1.807, 2.05) is 18.2 Å². The number of carbonyl (C=O) groups excluding carboxylic acids is 1. The number of rotatable bonds is 1. The molecule has 2 amide bonds. The van der Waals surface area contributed by atoms with Crippen molar-refractivity contribution in [2.45, 2.75) is 11.8 Å². The Hall–Kier alpha value is -1.23. The molecule has 1 aliphatic heterocycles. The van der Waals surface area contributed by atoms with E-state index < -0.39 is 0 Å². The van der Waals surface area contributed by atoms with Gasteiger partial charge in [0.2, 0.25) is 0 Å². The molecular formula is C9H11N3OS. The highest BCUT2D eigenvalue weighted by Gasteiger charge is 2.24. The second kappa shape index (κ2) is 3.88. The predicted molar refractivity (Wildman–Crippen MR) is 57.5 cm³/mol. The lowest BCUT2D eigenvalue weighted by atomic mass is 10.0. The second-order valence-corrected chi connectivity index (χ2v) is 4.17. The van der Waals surface area contributed by atoms with Gasteiger partial charge < -0.3 is 16.0 Å². The Kier molecular flexibility index (Phi) is 2.58. The van der Waals surface area contributed by atoms with E-state index >= 15 is 0 Å². The summed E-state index contributed by atoms with van der Waals surface area (Å²) in [4.78, 5) is 11.1. The normalized spacial score (nSPS) is 26.6. The van der Waals surface area contributed by atoms with Gasteiger partial charge in [0.25, 0.3) is 0 Å². The van der Waals surface area contributed by atoms with Crippen LogP contribution in [0.2, 0.25) is 0 Å². The summed E-state index contributed by atoms with van der Waals surface area (Å²) < 4.78 is 0. The third-order valence-electron chi connectivity index (χ3n) is 2.11. The first-order valence-electron chi connectivity index (χ1n) is 4.38. The summed E-state index contributed by atoms with van der Waals surface area (Å²) in [7, 11) is 0. The minimum Gasteiger partial charge on any atom is -0.329 e. The molecule has 3 N–H and O–H groups in total. The van der Waals surface area contributed by atoms with E-state index in [4.69, 9.17) is 5.41 Å².